The summed E-state index contributed by atoms with van der Waals surface area (Å²) in [6.07, 6.45) is 50.1. The van der Waals surface area contributed by atoms with Crippen molar-refractivity contribution in [3.8, 4) is 0 Å². The van der Waals surface area contributed by atoms with Gasteiger partial charge in [0.25, 0.3) is 0 Å². The van der Waals surface area contributed by atoms with E-state index in [1.54, 1.807) is 0 Å². The number of allylic oxidation sites excluding steroid dienone is 21. The molecule has 2 nitrogen and oxygen atoms in total. The third-order valence-electron chi connectivity index (χ3n) is 9.46. The molecule has 0 radical (unpaired) electrons. The van der Waals surface area contributed by atoms with E-state index in [9.17, 15) is 0 Å². The van der Waals surface area contributed by atoms with E-state index in [0.717, 1.165) is 67.6 Å². The predicted molar refractivity (Wildman–Crippen MR) is 242 cm³/mol. The normalized spacial score (nSPS) is 18.4. The molecule has 0 N–H and O–H groups in total. The number of rotatable bonds is 17. The van der Waals surface area contributed by atoms with Gasteiger partial charge in [-0.25, -0.2) is 0 Å². The van der Waals surface area contributed by atoms with E-state index in [2.05, 4.69) is 203 Å². The number of benzene rings is 2. The van der Waals surface area contributed by atoms with Crippen molar-refractivity contribution in [3.63, 3.8) is 0 Å². The maximum absolute atomic E-state index is 4.15. The molecule has 0 heterocycles. The Balaban J connectivity index is 1.82. The molecular formula is C52H60N2. The van der Waals surface area contributed by atoms with Crippen LogP contribution in [0.15, 0.2) is 193 Å². The van der Waals surface area contributed by atoms with E-state index < -0.39 is 0 Å². The molecule has 0 bridgehead atoms. The van der Waals surface area contributed by atoms with Crippen LogP contribution >= 0.6 is 0 Å². The van der Waals surface area contributed by atoms with Gasteiger partial charge in [0.2, 0.25) is 0 Å². The average molecular weight is 713 g/mol. The third-order valence-corrected chi connectivity index (χ3v) is 9.46. The Morgan fingerprint density at radius 1 is 0.852 bits per heavy atom. The van der Waals surface area contributed by atoms with Crippen molar-refractivity contribution in [1.82, 2.24) is 0 Å². The van der Waals surface area contributed by atoms with Crippen molar-refractivity contribution in [3.05, 3.63) is 210 Å². The van der Waals surface area contributed by atoms with Crippen LogP contribution in [0.5, 0.6) is 0 Å². The summed E-state index contributed by atoms with van der Waals surface area (Å²) in [5, 5.41) is 0. The highest BCUT2D eigenvalue weighted by molar-refractivity contribution is 5.80. The fourth-order valence-corrected chi connectivity index (χ4v) is 6.73. The van der Waals surface area contributed by atoms with Gasteiger partial charge in [0, 0.05) is 46.9 Å². The SMILES string of the molecule is C=C/C=C\C(=C1\C=CC=CC1)N(/C(=C/CC)C/C=C\C)c1ccc(/C(=C/C=C(\C)N(/C2=C/C=C\C/C=C\C2)c2cccc(C=C)c2/C=C\CC)CC)cc1. The molecule has 0 amide bonds. The van der Waals surface area contributed by atoms with E-state index in [0.29, 0.717) is 0 Å². The number of nitrogens with zero attached hydrogens (tertiary/aromatic N) is 2. The second-order valence-electron chi connectivity index (χ2n) is 13.2. The largest absolute Gasteiger partial charge is 0.317 e. The van der Waals surface area contributed by atoms with E-state index in [-0.39, 0.29) is 0 Å². The zero-order valence-corrected chi connectivity index (χ0v) is 33.3. The van der Waals surface area contributed by atoms with Gasteiger partial charge in [0.1, 0.15) is 0 Å². The molecule has 0 atom stereocenters. The quantitative estimate of drug-likeness (QED) is 0.119. The van der Waals surface area contributed by atoms with Gasteiger partial charge >= 0.3 is 0 Å². The summed E-state index contributed by atoms with van der Waals surface area (Å²) in [5.41, 5.74) is 13.2. The van der Waals surface area contributed by atoms with Crippen LogP contribution in [0, 0.1) is 0 Å². The zero-order valence-electron chi connectivity index (χ0n) is 33.3. The second kappa shape index (κ2) is 22.5. The van der Waals surface area contributed by atoms with E-state index in [4.69, 9.17) is 0 Å². The van der Waals surface area contributed by atoms with Crippen molar-refractivity contribution < 1.29 is 0 Å². The highest BCUT2D eigenvalue weighted by Gasteiger charge is 2.20. The van der Waals surface area contributed by atoms with Gasteiger partial charge < -0.3 is 9.80 Å². The van der Waals surface area contributed by atoms with Crippen LogP contribution in [-0.4, -0.2) is 0 Å². The van der Waals surface area contributed by atoms with Gasteiger partial charge in [-0.1, -0.05) is 161 Å². The molecule has 2 aliphatic rings. The van der Waals surface area contributed by atoms with Crippen molar-refractivity contribution >= 4 is 29.1 Å². The highest BCUT2D eigenvalue weighted by atomic mass is 15.2. The van der Waals surface area contributed by atoms with E-state index in [1.165, 1.54) is 39.4 Å². The second-order valence-corrected chi connectivity index (χ2v) is 13.2. The van der Waals surface area contributed by atoms with Gasteiger partial charge in [0.15, 0.2) is 0 Å². The lowest BCUT2D eigenvalue weighted by Gasteiger charge is -2.31. The van der Waals surface area contributed by atoms with Crippen LogP contribution < -0.4 is 9.80 Å². The molecule has 0 fully saturated rings. The Labute approximate surface area is 327 Å². The molecule has 0 aliphatic heterocycles. The first-order valence-corrected chi connectivity index (χ1v) is 19.7. The maximum atomic E-state index is 4.15. The molecule has 0 spiro atoms. The summed E-state index contributed by atoms with van der Waals surface area (Å²) < 4.78 is 0. The van der Waals surface area contributed by atoms with Gasteiger partial charge in [-0.2, -0.15) is 0 Å². The molecule has 54 heavy (non-hydrogen) atoms. The molecule has 2 aromatic carbocycles. The lowest BCUT2D eigenvalue weighted by Crippen LogP contribution is -2.22. The van der Waals surface area contributed by atoms with Gasteiger partial charge in [-0.3, -0.25) is 0 Å². The third kappa shape index (κ3) is 11.2. The van der Waals surface area contributed by atoms with Crippen LogP contribution in [0.25, 0.3) is 17.7 Å². The summed E-state index contributed by atoms with van der Waals surface area (Å²) in [5.74, 6) is 0. The van der Waals surface area contributed by atoms with Crippen molar-refractivity contribution in [2.45, 2.75) is 79.6 Å². The first kappa shape index (κ1) is 41.2. The molecule has 2 heteroatoms. The van der Waals surface area contributed by atoms with E-state index in [1.807, 2.05) is 18.2 Å². The molecule has 0 saturated carbocycles. The summed E-state index contributed by atoms with van der Waals surface area (Å²) >= 11 is 0. The van der Waals surface area contributed by atoms with Crippen molar-refractivity contribution in [1.29, 1.82) is 0 Å². The topological polar surface area (TPSA) is 6.48 Å². The Hall–Kier alpha value is -5.60. The Bertz CT molecular complexity index is 1950. The van der Waals surface area contributed by atoms with Gasteiger partial charge in [0.05, 0.1) is 5.69 Å². The predicted octanol–water partition coefficient (Wildman–Crippen LogP) is 15.3. The number of hydrogen-bond donors (Lipinski definition) is 0. The molecular weight excluding hydrogens is 653 g/mol. The van der Waals surface area contributed by atoms with Gasteiger partial charge in [-0.05, 0) is 105 Å². The minimum Gasteiger partial charge on any atom is -0.317 e. The molecule has 0 aromatic heterocycles. The standard InChI is InChI=1S/C52H60N2/c1-8-14-30-47(26-11-4)54(51(34-16-10-3)46-27-21-20-22-28-46)49-40-38-45(39-41-49)43(12-5)37-36-42(7)53(48-31-23-18-17-19-24-32-48)52-35-25-29-44(13-6)50(52)33-15-9-2/h8,10,13-16,18-27,29,31,33-41H,3,6,9,11-12,17,28,30,32H2,1-2,4-5,7H3/b14-8-,23-18-,24-19-,33-15-,34-16-,42-36+,43-37+,47-26+,48-31+,51-46+. The van der Waals surface area contributed by atoms with Crippen LogP contribution in [-0.2, 0) is 0 Å². The first-order valence-electron chi connectivity index (χ1n) is 19.7. The molecule has 2 aromatic rings. The molecule has 4 rings (SSSR count). The Morgan fingerprint density at radius 2 is 1.69 bits per heavy atom. The minimum absolute atomic E-state index is 0.846. The lowest BCUT2D eigenvalue weighted by molar-refractivity contribution is 0.986. The van der Waals surface area contributed by atoms with Gasteiger partial charge in [-0.15, -0.1) is 0 Å². The smallest absolute Gasteiger partial charge is 0.0533 e. The fourth-order valence-electron chi connectivity index (χ4n) is 6.73. The van der Waals surface area contributed by atoms with Crippen LogP contribution in [0.4, 0.5) is 11.4 Å². The highest BCUT2D eigenvalue weighted by Crippen LogP contribution is 2.36. The average Bonchev–Trinajstić information content (AvgIpc) is 3.19. The monoisotopic (exact) mass is 712 g/mol. The fraction of sp³-hybridized carbons (Fsp3) is 0.231. The molecule has 0 saturated heterocycles. The Kier molecular flexibility index (Phi) is 17.1. The summed E-state index contributed by atoms with van der Waals surface area (Å²) in [7, 11) is 0. The van der Waals surface area contributed by atoms with Crippen LogP contribution in [0.1, 0.15) is 96.3 Å². The Morgan fingerprint density at radius 3 is 2.37 bits per heavy atom. The zero-order chi connectivity index (χ0) is 38.5. The summed E-state index contributed by atoms with van der Waals surface area (Å²) in [4.78, 5) is 4.84. The van der Waals surface area contributed by atoms with E-state index >= 15 is 0 Å². The number of hydrogen-bond acceptors (Lipinski definition) is 2. The molecule has 2 aliphatic carbocycles. The lowest BCUT2D eigenvalue weighted by atomic mass is 9.99. The number of anilines is 2. The van der Waals surface area contributed by atoms with Crippen molar-refractivity contribution in [2.75, 3.05) is 9.80 Å². The maximum Gasteiger partial charge on any atom is 0.0533 e. The van der Waals surface area contributed by atoms with Crippen molar-refractivity contribution in [2.24, 2.45) is 0 Å². The summed E-state index contributed by atoms with van der Waals surface area (Å²) in [6.45, 7) is 19.1. The minimum atomic E-state index is 0.846. The molecule has 278 valence electrons. The van der Waals surface area contributed by atoms with Crippen LogP contribution in [0.3, 0.4) is 0 Å². The summed E-state index contributed by atoms with van der Waals surface area (Å²) in [6, 6.07) is 15.6. The first-order chi connectivity index (χ1) is 26.5. The molecule has 0 unspecified atom stereocenters. The van der Waals surface area contributed by atoms with Crippen LogP contribution in [0.2, 0.25) is 0 Å².